The lowest BCUT2D eigenvalue weighted by atomic mass is 10.1. The minimum atomic E-state index is -0.679. The number of benzene rings is 2. The van der Waals surface area contributed by atoms with Crippen molar-refractivity contribution in [3.05, 3.63) is 63.6 Å². The number of rotatable bonds is 3. The van der Waals surface area contributed by atoms with Crippen LogP contribution in [0.3, 0.4) is 0 Å². The third-order valence-corrected chi connectivity index (χ3v) is 3.40. The molecule has 20 heavy (non-hydrogen) atoms. The van der Waals surface area contributed by atoms with Gasteiger partial charge in [-0.25, -0.2) is 0 Å². The Hall–Kier alpha value is -1.55. The van der Waals surface area contributed by atoms with Crippen molar-refractivity contribution in [1.29, 1.82) is 0 Å². The summed E-state index contributed by atoms with van der Waals surface area (Å²) in [6.45, 7) is 1.64. The van der Waals surface area contributed by atoms with Crippen molar-refractivity contribution in [3.8, 4) is 0 Å². The molecule has 5 heteroatoms. The summed E-state index contributed by atoms with van der Waals surface area (Å²) in [5.41, 5.74) is 1.47. The van der Waals surface area contributed by atoms with Gasteiger partial charge in [0.2, 0.25) is 0 Å². The number of para-hydroxylation sites is 1. The van der Waals surface area contributed by atoms with Crippen LogP contribution >= 0.6 is 23.2 Å². The molecule has 0 spiro atoms. The van der Waals surface area contributed by atoms with Crippen LogP contribution in [0.25, 0.3) is 0 Å². The molecular formula is C15H13Cl2NO2. The summed E-state index contributed by atoms with van der Waals surface area (Å²) in [6.07, 6.45) is -0.679. The fourth-order valence-electron chi connectivity index (χ4n) is 1.84. The van der Waals surface area contributed by atoms with Crippen LogP contribution in [0.2, 0.25) is 10.0 Å². The lowest BCUT2D eigenvalue weighted by molar-refractivity contribution is 0.102. The first-order chi connectivity index (χ1) is 9.49. The maximum Gasteiger partial charge on any atom is 0.257 e. The fourth-order valence-corrected chi connectivity index (χ4v) is 2.21. The number of amides is 1. The summed E-state index contributed by atoms with van der Waals surface area (Å²) in [6, 6.07) is 11.7. The minimum absolute atomic E-state index is 0.291. The molecule has 0 saturated carbocycles. The van der Waals surface area contributed by atoms with Gasteiger partial charge in [0.1, 0.15) is 0 Å². The molecule has 0 heterocycles. The number of halogens is 2. The standard InChI is InChI=1S/C15H13Cl2NO2/c1-9(19)11-4-2-3-5-14(11)18-15(20)12-8-10(16)6-7-13(12)17/h2-9,19H,1H3,(H,18,20). The summed E-state index contributed by atoms with van der Waals surface area (Å²) in [5.74, 6) is -0.370. The number of anilines is 1. The summed E-state index contributed by atoms with van der Waals surface area (Å²) < 4.78 is 0. The van der Waals surface area contributed by atoms with Gasteiger partial charge in [-0.1, -0.05) is 41.4 Å². The van der Waals surface area contributed by atoms with Crippen LogP contribution < -0.4 is 5.32 Å². The van der Waals surface area contributed by atoms with E-state index >= 15 is 0 Å². The number of carbonyl (C=O) groups is 1. The Morgan fingerprint density at radius 2 is 1.90 bits per heavy atom. The Bertz CT molecular complexity index is 642. The Morgan fingerprint density at radius 3 is 2.60 bits per heavy atom. The highest BCUT2D eigenvalue weighted by Gasteiger charge is 2.14. The van der Waals surface area contributed by atoms with E-state index in [4.69, 9.17) is 23.2 Å². The van der Waals surface area contributed by atoms with Crippen LogP contribution in [0.5, 0.6) is 0 Å². The zero-order valence-corrected chi connectivity index (χ0v) is 12.2. The molecule has 0 aliphatic rings. The maximum absolute atomic E-state index is 12.2. The van der Waals surface area contributed by atoms with Crippen LogP contribution in [-0.4, -0.2) is 11.0 Å². The first kappa shape index (κ1) is 14.9. The third kappa shape index (κ3) is 3.31. The monoisotopic (exact) mass is 309 g/mol. The van der Waals surface area contributed by atoms with Gasteiger partial charge in [-0.05, 0) is 31.2 Å². The molecule has 0 bridgehead atoms. The van der Waals surface area contributed by atoms with Crippen molar-refractivity contribution in [2.45, 2.75) is 13.0 Å². The number of hydrogen-bond donors (Lipinski definition) is 2. The maximum atomic E-state index is 12.2. The topological polar surface area (TPSA) is 49.3 Å². The van der Waals surface area contributed by atoms with Gasteiger partial charge in [0, 0.05) is 16.3 Å². The van der Waals surface area contributed by atoms with Crippen molar-refractivity contribution >= 4 is 34.8 Å². The molecule has 0 aliphatic carbocycles. The second-order valence-corrected chi connectivity index (χ2v) is 5.19. The Morgan fingerprint density at radius 1 is 1.20 bits per heavy atom. The normalized spacial score (nSPS) is 12.0. The molecule has 1 atom stereocenters. The largest absolute Gasteiger partial charge is 0.389 e. The molecule has 1 unspecified atom stereocenters. The highest BCUT2D eigenvalue weighted by molar-refractivity contribution is 6.36. The van der Waals surface area contributed by atoms with Crippen molar-refractivity contribution in [3.63, 3.8) is 0 Å². The average Bonchev–Trinajstić information content (AvgIpc) is 2.41. The van der Waals surface area contributed by atoms with E-state index in [0.29, 0.717) is 26.9 Å². The fraction of sp³-hybridized carbons (Fsp3) is 0.133. The zero-order valence-electron chi connectivity index (χ0n) is 10.7. The summed E-state index contributed by atoms with van der Waals surface area (Å²) in [4.78, 5) is 12.2. The Balaban J connectivity index is 2.31. The van der Waals surface area contributed by atoms with E-state index in [0.717, 1.165) is 0 Å². The molecule has 104 valence electrons. The van der Waals surface area contributed by atoms with Gasteiger partial charge in [-0.15, -0.1) is 0 Å². The van der Waals surface area contributed by atoms with Gasteiger partial charge in [0.15, 0.2) is 0 Å². The number of aliphatic hydroxyl groups excluding tert-OH is 1. The lowest BCUT2D eigenvalue weighted by Crippen LogP contribution is -2.14. The van der Waals surface area contributed by atoms with E-state index in [9.17, 15) is 9.90 Å². The first-order valence-corrected chi connectivity index (χ1v) is 6.78. The van der Waals surface area contributed by atoms with Crippen LogP contribution in [0, 0.1) is 0 Å². The number of hydrogen-bond acceptors (Lipinski definition) is 2. The molecule has 0 aromatic heterocycles. The highest BCUT2D eigenvalue weighted by atomic mass is 35.5. The predicted octanol–water partition coefficient (Wildman–Crippen LogP) is 4.30. The van der Waals surface area contributed by atoms with Crippen molar-refractivity contribution in [2.24, 2.45) is 0 Å². The average molecular weight is 310 g/mol. The molecule has 0 saturated heterocycles. The molecule has 2 aromatic carbocycles. The van der Waals surface area contributed by atoms with Crippen molar-refractivity contribution in [1.82, 2.24) is 0 Å². The lowest BCUT2D eigenvalue weighted by Gasteiger charge is -2.13. The van der Waals surface area contributed by atoms with E-state index in [2.05, 4.69) is 5.32 Å². The molecule has 2 rings (SSSR count). The summed E-state index contributed by atoms with van der Waals surface area (Å²) in [5, 5.41) is 13.2. The van der Waals surface area contributed by atoms with E-state index in [1.54, 1.807) is 43.3 Å². The first-order valence-electron chi connectivity index (χ1n) is 6.02. The number of aliphatic hydroxyl groups is 1. The minimum Gasteiger partial charge on any atom is -0.389 e. The molecule has 0 aliphatic heterocycles. The highest BCUT2D eigenvalue weighted by Crippen LogP contribution is 2.25. The zero-order chi connectivity index (χ0) is 14.7. The SMILES string of the molecule is CC(O)c1ccccc1NC(=O)c1cc(Cl)ccc1Cl. The van der Waals surface area contributed by atoms with Crippen LogP contribution in [0.15, 0.2) is 42.5 Å². The summed E-state index contributed by atoms with van der Waals surface area (Å²) in [7, 11) is 0. The predicted molar refractivity (Wildman–Crippen MR) is 81.5 cm³/mol. The third-order valence-electron chi connectivity index (χ3n) is 2.83. The van der Waals surface area contributed by atoms with Gasteiger partial charge in [-0.3, -0.25) is 4.79 Å². The second-order valence-electron chi connectivity index (χ2n) is 4.34. The van der Waals surface area contributed by atoms with Gasteiger partial charge in [-0.2, -0.15) is 0 Å². The number of carbonyl (C=O) groups excluding carboxylic acids is 1. The van der Waals surface area contributed by atoms with E-state index in [1.165, 1.54) is 6.07 Å². The van der Waals surface area contributed by atoms with E-state index in [-0.39, 0.29) is 5.91 Å². The number of nitrogens with one attached hydrogen (secondary N) is 1. The van der Waals surface area contributed by atoms with E-state index in [1.807, 2.05) is 0 Å². The molecule has 1 amide bonds. The molecule has 3 nitrogen and oxygen atoms in total. The van der Waals surface area contributed by atoms with E-state index < -0.39 is 6.10 Å². The van der Waals surface area contributed by atoms with Gasteiger partial charge >= 0.3 is 0 Å². The van der Waals surface area contributed by atoms with Crippen LogP contribution in [0.1, 0.15) is 28.9 Å². The van der Waals surface area contributed by atoms with Crippen molar-refractivity contribution < 1.29 is 9.90 Å². The molecule has 0 radical (unpaired) electrons. The smallest absolute Gasteiger partial charge is 0.257 e. The van der Waals surface area contributed by atoms with Gasteiger partial charge in [0.05, 0.1) is 16.7 Å². The Kier molecular flexibility index (Phi) is 4.65. The van der Waals surface area contributed by atoms with Gasteiger partial charge < -0.3 is 10.4 Å². The van der Waals surface area contributed by atoms with Crippen LogP contribution in [0.4, 0.5) is 5.69 Å². The summed E-state index contributed by atoms with van der Waals surface area (Å²) >= 11 is 11.9. The Labute approximate surface area is 127 Å². The van der Waals surface area contributed by atoms with Crippen LogP contribution in [-0.2, 0) is 0 Å². The molecular weight excluding hydrogens is 297 g/mol. The second kappa shape index (κ2) is 6.27. The van der Waals surface area contributed by atoms with Crippen molar-refractivity contribution in [2.75, 3.05) is 5.32 Å². The van der Waals surface area contributed by atoms with Gasteiger partial charge in [0.25, 0.3) is 5.91 Å². The molecule has 0 fully saturated rings. The molecule has 2 aromatic rings. The molecule has 2 N–H and O–H groups in total. The quantitative estimate of drug-likeness (QED) is 0.888.